The number of hydrogen-bond acceptors (Lipinski definition) is 4. The molecule has 7 heteroatoms. The van der Waals surface area contributed by atoms with Crippen molar-refractivity contribution < 1.29 is 14.6 Å². The number of rotatable bonds is 5. The lowest BCUT2D eigenvalue weighted by atomic mass is 9.85. The van der Waals surface area contributed by atoms with Gasteiger partial charge in [-0.3, -0.25) is 5.32 Å². The fourth-order valence-corrected chi connectivity index (χ4v) is 4.30. The topological polar surface area (TPSA) is 82.6 Å². The largest absolute Gasteiger partial charge is 0.497 e. The standard InChI is InChI=1S/C23H23N3O3S/c1-29-19-10-8-18(9-11-19)25-22(30)26-23(21(27)28)20(12-13-24-23)17-7-6-15-4-2-3-5-16(15)14-17/h2-11,14,20,24H,12-13H2,1H3,(H,27,28)(H2,25,26,30)/t20?,23-/m1/s1. The number of ether oxygens (including phenoxy) is 1. The zero-order valence-electron chi connectivity index (χ0n) is 16.5. The molecular weight excluding hydrogens is 398 g/mol. The Bertz CT molecular complexity index is 1090. The average molecular weight is 422 g/mol. The summed E-state index contributed by atoms with van der Waals surface area (Å²) in [6.45, 7) is 0.571. The van der Waals surface area contributed by atoms with Gasteiger partial charge in [0.15, 0.2) is 10.8 Å². The SMILES string of the molecule is COc1ccc(NC(=S)N[C@]2(C(=O)O)NCCC2c2ccc3ccccc3c2)cc1. The highest BCUT2D eigenvalue weighted by atomic mass is 32.1. The summed E-state index contributed by atoms with van der Waals surface area (Å²) in [6, 6.07) is 21.4. The van der Waals surface area contributed by atoms with Crippen LogP contribution in [0.5, 0.6) is 5.75 Å². The van der Waals surface area contributed by atoms with Crippen molar-refractivity contribution in [1.29, 1.82) is 0 Å². The fourth-order valence-electron chi connectivity index (χ4n) is 4.02. The molecule has 0 saturated carbocycles. The fraction of sp³-hybridized carbons (Fsp3) is 0.217. The first-order valence-electron chi connectivity index (χ1n) is 9.72. The molecule has 2 atom stereocenters. The van der Waals surface area contributed by atoms with E-state index in [1.54, 1.807) is 7.11 Å². The Morgan fingerprint density at radius 3 is 2.57 bits per heavy atom. The highest BCUT2D eigenvalue weighted by Gasteiger charge is 2.50. The maximum atomic E-state index is 12.4. The molecule has 0 radical (unpaired) electrons. The Morgan fingerprint density at radius 2 is 1.87 bits per heavy atom. The van der Waals surface area contributed by atoms with Gasteiger partial charge in [0.2, 0.25) is 0 Å². The number of carbonyl (C=O) groups is 1. The van der Waals surface area contributed by atoms with E-state index in [0.717, 1.165) is 27.8 Å². The van der Waals surface area contributed by atoms with Gasteiger partial charge < -0.3 is 20.5 Å². The molecule has 1 unspecified atom stereocenters. The van der Waals surface area contributed by atoms with Crippen LogP contribution in [0.1, 0.15) is 17.9 Å². The zero-order chi connectivity index (χ0) is 21.1. The minimum absolute atomic E-state index is 0.239. The molecule has 4 rings (SSSR count). The first kappa shape index (κ1) is 20.1. The number of carboxylic acid groups (broad SMARTS) is 1. The molecule has 0 bridgehead atoms. The van der Waals surface area contributed by atoms with Crippen molar-refractivity contribution in [1.82, 2.24) is 10.6 Å². The van der Waals surface area contributed by atoms with Gasteiger partial charge in [-0.25, -0.2) is 4.79 Å². The number of aliphatic carboxylic acids is 1. The van der Waals surface area contributed by atoms with E-state index in [2.05, 4.69) is 22.0 Å². The van der Waals surface area contributed by atoms with E-state index in [1.165, 1.54) is 0 Å². The molecule has 0 aromatic heterocycles. The van der Waals surface area contributed by atoms with E-state index in [4.69, 9.17) is 17.0 Å². The van der Waals surface area contributed by atoms with Gasteiger partial charge in [-0.05, 0) is 65.8 Å². The summed E-state index contributed by atoms with van der Waals surface area (Å²) in [5.41, 5.74) is 0.314. The van der Waals surface area contributed by atoms with Crippen molar-refractivity contribution in [3.8, 4) is 5.75 Å². The number of thiocarbonyl (C=S) groups is 1. The average Bonchev–Trinajstić information content (AvgIpc) is 3.18. The molecule has 1 heterocycles. The van der Waals surface area contributed by atoms with Crippen molar-refractivity contribution in [3.63, 3.8) is 0 Å². The molecule has 4 N–H and O–H groups in total. The summed E-state index contributed by atoms with van der Waals surface area (Å²) in [5, 5.41) is 21.9. The van der Waals surface area contributed by atoms with Gasteiger partial charge in [0.1, 0.15) is 5.75 Å². The summed E-state index contributed by atoms with van der Waals surface area (Å²) in [6.07, 6.45) is 0.683. The minimum atomic E-state index is -1.39. The molecule has 154 valence electrons. The summed E-state index contributed by atoms with van der Waals surface area (Å²) >= 11 is 5.45. The Morgan fingerprint density at radius 1 is 1.13 bits per heavy atom. The summed E-state index contributed by atoms with van der Waals surface area (Å²) in [5.74, 6) is -0.539. The Labute approximate surface area is 180 Å². The van der Waals surface area contributed by atoms with E-state index in [-0.39, 0.29) is 11.0 Å². The number of fused-ring (bicyclic) bond motifs is 1. The van der Waals surface area contributed by atoms with Crippen LogP contribution < -0.4 is 20.7 Å². The summed E-state index contributed by atoms with van der Waals surface area (Å²) in [7, 11) is 1.60. The van der Waals surface area contributed by atoms with Crippen molar-refractivity contribution >= 4 is 39.8 Å². The second kappa shape index (κ2) is 8.30. The lowest BCUT2D eigenvalue weighted by Gasteiger charge is -2.34. The van der Waals surface area contributed by atoms with Crippen molar-refractivity contribution in [2.45, 2.75) is 18.0 Å². The first-order valence-corrected chi connectivity index (χ1v) is 10.1. The van der Waals surface area contributed by atoms with Crippen LogP contribution >= 0.6 is 12.2 Å². The maximum Gasteiger partial charge on any atom is 0.345 e. The number of carboxylic acids is 1. The molecule has 0 spiro atoms. The zero-order valence-corrected chi connectivity index (χ0v) is 17.3. The number of methoxy groups -OCH3 is 1. The van der Waals surface area contributed by atoms with Crippen LogP contribution in [-0.2, 0) is 4.79 Å². The highest BCUT2D eigenvalue weighted by molar-refractivity contribution is 7.80. The van der Waals surface area contributed by atoms with Crippen LogP contribution in [-0.4, -0.2) is 35.5 Å². The molecular formula is C23H23N3O3S. The Balaban J connectivity index is 1.59. The van der Waals surface area contributed by atoms with E-state index in [9.17, 15) is 9.90 Å². The number of benzene rings is 3. The third kappa shape index (κ3) is 3.81. The van der Waals surface area contributed by atoms with E-state index >= 15 is 0 Å². The molecule has 30 heavy (non-hydrogen) atoms. The van der Waals surface area contributed by atoms with Crippen LogP contribution in [0.4, 0.5) is 5.69 Å². The summed E-state index contributed by atoms with van der Waals surface area (Å²) < 4.78 is 5.16. The molecule has 1 fully saturated rings. The van der Waals surface area contributed by atoms with E-state index in [1.807, 2.05) is 60.7 Å². The van der Waals surface area contributed by atoms with Crippen LogP contribution in [0.15, 0.2) is 66.7 Å². The number of anilines is 1. The molecule has 6 nitrogen and oxygen atoms in total. The quantitative estimate of drug-likeness (QED) is 0.468. The van der Waals surface area contributed by atoms with Gasteiger partial charge in [0, 0.05) is 11.6 Å². The predicted molar refractivity (Wildman–Crippen MR) is 122 cm³/mol. The normalized spacial score (nSPS) is 20.6. The minimum Gasteiger partial charge on any atom is -0.497 e. The van der Waals surface area contributed by atoms with Crippen LogP contribution in [0.3, 0.4) is 0 Å². The third-order valence-electron chi connectivity index (χ3n) is 5.53. The summed E-state index contributed by atoms with van der Waals surface area (Å²) in [4.78, 5) is 12.4. The smallest absolute Gasteiger partial charge is 0.345 e. The molecule has 0 aliphatic carbocycles. The van der Waals surface area contributed by atoms with Crippen LogP contribution in [0.2, 0.25) is 0 Å². The van der Waals surface area contributed by atoms with Crippen molar-refractivity contribution in [2.24, 2.45) is 0 Å². The van der Waals surface area contributed by atoms with Gasteiger partial charge in [-0.2, -0.15) is 0 Å². The second-order valence-electron chi connectivity index (χ2n) is 7.30. The van der Waals surface area contributed by atoms with Gasteiger partial charge in [0.25, 0.3) is 0 Å². The molecule has 3 aromatic rings. The molecule has 1 aliphatic rings. The Hall–Kier alpha value is -3.16. The predicted octanol–water partition coefficient (Wildman–Crippen LogP) is 3.69. The second-order valence-corrected chi connectivity index (χ2v) is 7.70. The third-order valence-corrected chi connectivity index (χ3v) is 5.74. The molecule has 1 aliphatic heterocycles. The van der Waals surface area contributed by atoms with E-state index < -0.39 is 11.6 Å². The van der Waals surface area contributed by atoms with Gasteiger partial charge >= 0.3 is 5.97 Å². The van der Waals surface area contributed by atoms with Crippen LogP contribution in [0, 0.1) is 0 Å². The van der Waals surface area contributed by atoms with Gasteiger partial charge in [-0.15, -0.1) is 0 Å². The molecule has 3 aromatic carbocycles. The van der Waals surface area contributed by atoms with E-state index in [0.29, 0.717) is 13.0 Å². The molecule has 1 saturated heterocycles. The lowest BCUT2D eigenvalue weighted by molar-refractivity contribution is -0.145. The lowest BCUT2D eigenvalue weighted by Crippen LogP contribution is -2.64. The van der Waals surface area contributed by atoms with Gasteiger partial charge in [-0.1, -0.05) is 42.5 Å². The van der Waals surface area contributed by atoms with Gasteiger partial charge in [0.05, 0.1) is 7.11 Å². The molecule has 0 amide bonds. The number of nitrogens with one attached hydrogen (secondary N) is 3. The van der Waals surface area contributed by atoms with Crippen molar-refractivity contribution in [3.05, 3.63) is 72.3 Å². The first-order chi connectivity index (χ1) is 14.5. The van der Waals surface area contributed by atoms with Crippen molar-refractivity contribution in [2.75, 3.05) is 19.0 Å². The monoisotopic (exact) mass is 421 g/mol. The Kier molecular flexibility index (Phi) is 5.57. The maximum absolute atomic E-state index is 12.4. The highest BCUT2D eigenvalue weighted by Crippen LogP contribution is 2.36. The van der Waals surface area contributed by atoms with Crippen LogP contribution in [0.25, 0.3) is 10.8 Å². The number of hydrogen-bond donors (Lipinski definition) is 4.